The average molecular weight is 387 g/mol. The van der Waals surface area contributed by atoms with Crippen molar-refractivity contribution in [2.45, 2.75) is 44.7 Å². The van der Waals surface area contributed by atoms with E-state index >= 15 is 0 Å². The standard InChI is InChI=1S/C24H25N3O2/c1-24(2)21-11-6-17(18-13-25-27(15-18)19-7-8-19)12-22(21)26(23(24)28)14-16-4-9-20(29-3)10-5-16/h4-6,9-13,15,19H,7-8,14H2,1-3H3. The summed E-state index contributed by atoms with van der Waals surface area (Å²) in [4.78, 5) is 15.2. The summed E-state index contributed by atoms with van der Waals surface area (Å²) < 4.78 is 7.31. The van der Waals surface area contributed by atoms with Crippen LogP contribution in [0.5, 0.6) is 5.75 Å². The Labute approximate surface area is 170 Å². The second kappa shape index (κ2) is 6.48. The van der Waals surface area contributed by atoms with Gasteiger partial charge in [0.05, 0.1) is 31.3 Å². The summed E-state index contributed by atoms with van der Waals surface area (Å²) in [6.45, 7) is 4.56. The normalized spacial score (nSPS) is 17.5. The van der Waals surface area contributed by atoms with E-state index < -0.39 is 5.41 Å². The number of ether oxygens (including phenoxy) is 1. The molecule has 0 atom stereocenters. The maximum absolute atomic E-state index is 13.2. The molecule has 1 aliphatic carbocycles. The van der Waals surface area contributed by atoms with Crippen LogP contribution in [0, 0.1) is 0 Å². The number of hydrogen-bond donors (Lipinski definition) is 0. The molecule has 29 heavy (non-hydrogen) atoms. The first-order valence-electron chi connectivity index (χ1n) is 10.1. The molecule has 0 N–H and O–H groups in total. The molecule has 0 radical (unpaired) electrons. The zero-order valence-corrected chi connectivity index (χ0v) is 17.1. The molecule has 1 amide bonds. The predicted octanol–water partition coefficient (Wildman–Crippen LogP) is 4.72. The van der Waals surface area contributed by atoms with E-state index in [1.165, 1.54) is 12.8 Å². The van der Waals surface area contributed by atoms with Gasteiger partial charge in [0.2, 0.25) is 5.91 Å². The third kappa shape index (κ3) is 3.01. The van der Waals surface area contributed by atoms with Gasteiger partial charge in [0.15, 0.2) is 0 Å². The number of benzene rings is 2. The second-order valence-corrected chi connectivity index (χ2v) is 8.54. The topological polar surface area (TPSA) is 47.4 Å². The number of carbonyl (C=O) groups is 1. The summed E-state index contributed by atoms with van der Waals surface area (Å²) >= 11 is 0. The summed E-state index contributed by atoms with van der Waals surface area (Å²) in [5, 5.41) is 4.52. The summed E-state index contributed by atoms with van der Waals surface area (Å²) in [7, 11) is 1.66. The molecule has 5 rings (SSSR count). The van der Waals surface area contributed by atoms with E-state index in [1.807, 2.05) is 49.2 Å². The fourth-order valence-electron chi connectivity index (χ4n) is 4.12. The Morgan fingerprint density at radius 2 is 1.86 bits per heavy atom. The van der Waals surface area contributed by atoms with Gasteiger partial charge in [-0.3, -0.25) is 9.48 Å². The lowest BCUT2D eigenvalue weighted by Crippen LogP contribution is -2.35. The number of aromatic nitrogens is 2. The van der Waals surface area contributed by atoms with Crippen molar-refractivity contribution in [2.75, 3.05) is 12.0 Å². The van der Waals surface area contributed by atoms with E-state index in [-0.39, 0.29) is 5.91 Å². The molecule has 5 heteroatoms. The Morgan fingerprint density at radius 3 is 2.55 bits per heavy atom. The molecule has 1 aromatic heterocycles. The van der Waals surface area contributed by atoms with Crippen molar-refractivity contribution in [3.05, 3.63) is 66.0 Å². The highest BCUT2D eigenvalue weighted by Crippen LogP contribution is 2.44. The first-order chi connectivity index (χ1) is 14.0. The zero-order valence-electron chi connectivity index (χ0n) is 17.1. The van der Waals surface area contributed by atoms with Crippen LogP contribution in [-0.4, -0.2) is 22.8 Å². The minimum absolute atomic E-state index is 0.133. The van der Waals surface area contributed by atoms with Gasteiger partial charge in [-0.25, -0.2) is 0 Å². The molecular weight excluding hydrogens is 362 g/mol. The van der Waals surface area contributed by atoms with E-state index in [0.29, 0.717) is 12.6 Å². The molecule has 1 aliphatic heterocycles. The minimum atomic E-state index is -0.529. The van der Waals surface area contributed by atoms with Crippen molar-refractivity contribution in [1.29, 1.82) is 0 Å². The second-order valence-electron chi connectivity index (χ2n) is 8.54. The van der Waals surface area contributed by atoms with Gasteiger partial charge in [-0.05, 0) is 61.6 Å². The van der Waals surface area contributed by atoms with Crippen LogP contribution in [0.3, 0.4) is 0 Å². The molecule has 0 unspecified atom stereocenters. The highest BCUT2D eigenvalue weighted by atomic mass is 16.5. The fourth-order valence-corrected chi connectivity index (χ4v) is 4.12. The van der Waals surface area contributed by atoms with Crippen molar-refractivity contribution in [1.82, 2.24) is 9.78 Å². The number of amides is 1. The number of anilines is 1. The summed E-state index contributed by atoms with van der Waals surface area (Å²) in [5.41, 5.74) is 4.82. The zero-order chi connectivity index (χ0) is 20.2. The number of nitrogens with zero attached hydrogens (tertiary/aromatic N) is 3. The Bertz CT molecular complexity index is 1080. The molecule has 148 valence electrons. The van der Waals surface area contributed by atoms with Gasteiger partial charge in [-0.15, -0.1) is 0 Å². The molecule has 2 aromatic carbocycles. The molecule has 5 nitrogen and oxygen atoms in total. The monoisotopic (exact) mass is 387 g/mol. The van der Waals surface area contributed by atoms with E-state index in [2.05, 4.69) is 34.2 Å². The van der Waals surface area contributed by atoms with E-state index in [0.717, 1.165) is 33.7 Å². The van der Waals surface area contributed by atoms with Gasteiger partial charge in [0.1, 0.15) is 5.75 Å². The van der Waals surface area contributed by atoms with E-state index in [9.17, 15) is 4.79 Å². The van der Waals surface area contributed by atoms with Crippen molar-refractivity contribution >= 4 is 11.6 Å². The van der Waals surface area contributed by atoms with Crippen LogP contribution < -0.4 is 9.64 Å². The molecular formula is C24H25N3O2. The number of hydrogen-bond acceptors (Lipinski definition) is 3. The number of fused-ring (bicyclic) bond motifs is 1. The van der Waals surface area contributed by atoms with Crippen molar-refractivity contribution in [2.24, 2.45) is 0 Å². The van der Waals surface area contributed by atoms with Gasteiger partial charge in [-0.2, -0.15) is 5.10 Å². The lowest BCUT2D eigenvalue weighted by Gasteiger charge is -2.20. The quantitative estimate of drug-likeness (QED) is 0.636. The summed E-state index contributed by atoms with van der Waals surface area (Å²) in [6, 6.07) is 14.8. The van der Waals surface area contributed by atoms with Gasteiger partial charge in [0.25, 0.3) is 0 Å². The molecule has 1 fully saturated rings. The van der Waals surface area contributed by atoms with Gasteiger partial charge in [-0.1, -0.05) is 24.3 Å². The van der Waals surface area contributed by atoms with Crippen molar-refractivity contribution < 1.29 is 9.53 Å². The average Bonchev–Trinajstić information content (AvgIpc) is 3.44. The number of methoxy groups -OCH3 is 1. The Balaban J connectivity index is 1.51. The molecule has 2 heterocycles. The molecule has 0 spiro atoms. The predicted molar refractivity (Wildman–Crippen MR) is 113 cm³/mol. The van der Waals surface area contributed by atoms with Crippen LogP contribution in [0.1, 0.15) is 43.9 Å². The van der Waals surface area contributed by atoms with Crippen molar-refractivity contribution in [3.63, 3.8) is 0 Å². The van der Waals surface area contributed by atoms with E-state index in [1.54, 1.807) is 7.11 Å². The SMILES string of the molecule is COc1ccc(CN2C(=O)C(C)(C)c3ccc(-c4cnn(C5CC5)c4)cc32)cc1. The van der Waals surface area contributed by atoms with Crippen LogP contribution in [-0.2, 0) is 16.8 Å². The number of carbonyl (C=O) groups excluding carboxylic acids is 1. The van der Waals surface area contributed by atoms with Crippen LogP contribution in [0.4, 0.5) is 5.69 Å². The maximum Gasteiger partial charge on any atom is 0.237 e. The molecule has 0 bridgehead atoms. The first-order valence-corrected chi connectivity index (χ1v) is 10.1. The molecule has 3 aromatic rings. The lowest BCUT2D eigenvalue weighted by atomic mass is 9.85. The summed E-state index contributed by atoms with van der Waals surface area (Å²) in [5.74, 6) is 0.950. The molecule has 0 saturated heterocycles. The highest BCUT2D eigenvalue weighted by molar-refractivity contribution is 6.08. The van der Waals surface area contributed by atoms with Crippen LogP contribution in [0.25, 0.3) is 11.1 Å². The van der Waals surface area contributed by atoms with E-state index in [4.69, 9.17) is 4.74 Å². The molecule has 2 aliphatic rings. The lowest BCUT2D eigenvalue weighted by molar-refractivity contribution is -0.122. The Hall–Kier alpha value is -3.08. The largest absolute Gasteiger partial charge is 0.497 e. The van der Waals surface area contributed by atoms with Crippen molar-refractivity contribution in [3.8, 4) is 16.9 Å². The third-order valence-electron chi connectivity index (χ3n) is 6.10. The van der Waals surface area contributed by atoms with Gasteiger partial charge in [0, 0.05) is 17.4 Å². The van der Waals surface area contributed by atoms with Crippen LogP contribution >= 0.6 is 0 Å². The summed E-state index contributed by atoms with van der Waals surface area (Å²) in [6.07, 6.45) is 6.47. The third-order valence-corrected chi connectivity index (χ3v) is 6.10. The first kappa shape index (κ1) is 18.0. The maximum atomic E-state index is 13.2. The minimum Gasteiger partial charge on any atom is -0.497 e. The van der Waals surface area contributed by atoms with Crippen LogP contribution in [0.2, 0.25) is 0 Å². The highest BCUT2D eigenvalue weighted by Gasteiger charge is 2.43. The molecule has 1 saturated carbocycles. The van der Waals surface area contributed by atoms with Gasteiger partial charge < -0.3 is 9.64 Å². The Morgan fingerprint density at radius 1 is 1.10 bits per heavy atom. The van der Waals surface area contributed by atoms with Crippen LogP contribution in [0.15, 0.2) is 54.9 Å². The van der Waals surface area contributed by atoms with Gasteiger partial charge >= 0.3 is 0 Å². The number of rotatable bonds is 5. The Kier molecular flexibility index (Phi) is 4.02. The fraction of sp³-hybridized carbons (Fsp3) is 0.333. The smallest absolute Gasteiger partial charge is 0.237 e.